The zero-order chi connectivity index (χ0) is 12.5. The molecule has 1 atom stereocenters. The molecule has 0 bridgehead atoms. The van der Waals surface area contributed by atoms with Crippen LogP contribution in [0.15, 0.2) is 12.1 Å². The average molecular weight is 224 g/mol. The molecule has 0 saturated carbocycles. The minimum Gasteiger partial charge on any atom is -0.372 e. The molecule has 0 heterocycles. The van der Waals surface area contributed by atoms with Gasteiger partial charge in [0.1, 0.15) is 5.82 Å². The highest BCUT2D eigenvalue weighted by molar-refractivity contribution is 5.57. The largest absolute Gasteiger partial charge is 0.372 e. The Labute approximate surface area is 97.3 Å². The summed E-state index contributed by atoms with van der Waals surface area (Å²) in [4.78, 5) is 2.12. The first-order chi connectivity index (χ1) is 7.34. The summed E-state index contributed by atoms with van der Waals surface area (Å²) < 4.78 is 13.5. The molecule has 1 unspecified atom stereocenters. The van der Waals surface area contributed by atoms with Crippen molar-refractivity contribution in [2.75, 3.05) is 11.9 Å². The van der Waals surface area contributed by atoms with E-state index >= 15 is 0 Å². The predicted molar refractivity (Wildman–Crippen MR) is 67.3 cm³/mol. The fourth-order valence-corrected chi connectivity index (χ4v) is 1.63. The second kappa shape index (κ2) is 4.83. The summed E-state index contributed by atoms with van der Waals surface area (Å²) in [5, 5.41) is 0. The van der Waals surface area contributed by atoms with Crippen LogP contribution >= 0.6 is 0 Å². The molecule has 90 valence electrons. The molecule has 0 spiro atoms. The number of anilines is 1. The highest BCUT2D eigenvalue weighted by Gasteiger charge is 2.15. The molecule has 2 nitrogen and oxygen atoms in total. The number of hydrogen-bond acceptors (Lipinski definition) is 2. The van der Waals surface area contributed by atoms with Crippen LogP contribution in [-0.2, 0) is 0 Å². The standard InChI is InChI=1S/C13H21FN2/c1-8(2)16(5)13-6-9(3)12(14)7-11(13)10(4)15/h6-8,10H,15H2,1-5H3. The number of nitrogens with two attached hydrogens (primary N) is 1. The van der Waals surface area contributed by atoms with Crippen LogP contribution in [0.5, 0.6) is 0 Å². The van der Waals surface area contributed by atoms with Gasteiger partial charge < -0.3 is 10.6 Å². The van der Waals surface area contributed by atoms with Crippen molar-refractivity contribution >= 4 is 5.69 Å². The lowest BCUT2D eigenvalue weighted by molar-refractivity contribution is 0.611. The van der Waals surface area contributed by atoms with Crippen LogP contribution in [0.4, 0.5) is 10.1 Å². The summed E-state index contributed by atoms with van der Waals surface area (Å²) in [7, 11) is 2.00. The van der Waals surface area contributed by atoms with Gasteiger partial charge in [-0.3, -0.25) is 0 Å². The van der Waals surface area contributed by atoms with Crippen LogP contribution in [0, 0.1) is 12.7 Å². The van der Waals surface area contributed by atoms with E-state index in [1.54, 1.807) is 13.0 Å². The van der Waals surface area contributed by atoms with E-state index in [2.05, 4.69) is 18.7 Å². The van der Waals surface area contributed by atoms with Gasteiger partial charge in [0.05, 0.1) is 0 Å². The lowest BCUT2D eigenvalue weighted by atomic mass is 10.0. The highest BCUT2D eigenvalue weighted by atomic mass is 19.1. The number of benzene rings is 1. The van der Waals surface area contributed by atoms with Crippen molar-refractivity contribution in [2.24, 2.45) is 5.73 Å². The van der Waals surface area contributed by atoms with E-state index in [0.29, 0.717) is 11.6 Å². The van der Waals surface area contributed by atoms with Crippen LogP contribution in [0.3, 0.4) is 0 Å². The number of rotatable bonds is 3. The van der Waals surface area contributed by atoms with E-state index in [1.807, 2.05) is 20.0 Å². The first-order valence-corrected chi connectivity index (χ1v) is 5.63. The molecule has 16 heavy (non-hydrogen) atoms. The summed E-state index contributed by atoms with van der Waals surface area (Å²) in [5.41, 5.74) is 8.42. The number of halogens is 1. The molecule has 0 aliphatic heterocycles. The topological polar surface area (TPSA) is 29.3 Å². The summed E-state index contributed by atoms with van der Waals surface area (Å²) in [6, 6.07) is 3.62. The van der Waals surface area contributed by atoms with Crippen molar-refractivity contribution < 1.29 is 4.39 Å². The number of nitrogens with zero attached hydrogens (tertiary/aromatic N) is 1. The molecular formula is C13H21FN2. The monoisotopic (exact) mass is 224 g/mol. The zero-order valence-corrected chi connectivity index (χ0v) is 10.7. The predicted octanol–water partition coefficient (Wildman–Crippen LogP) is 3.00. The van der Waals surface area contributed by atoms with Gasteiger partial charge in [-0.05, 0) is 51.0 Å². The van der Waals surface area contributed by atoms with Crippen LogP contribution < -0.4 is 10.6 Å². The Morgan fingerprint density at radius 1 is 1.25 bits per heavy atom. The summed E-state index contributed by atoms with van der Waals surface area (Å²) >= 11 is 0. The summed E-state index contributed by atoms with van der Waals surface area (Å²) in [6.45, 7) is 7.85. The van der Waals surface area contributed by atoms with Gasteiger partial charge >= 0.3 is 0 Å². The zero-order valence-electron chi connectivity index (χ0n) is 10.7. The molecule has 0 radical (unpaired) electrons. The smallest absolute Gasteiger partial charge is 0.126 e. The highest BCUT2D eigenvalue weighted by Crippen LogP contribution is 2.28. The summed E-state index contributed by atoms with van der Waals surface area (Å²) in [5.74, 6) is -0.187. The van der Waals surface area contributed by atoms with Gasteiger partial charge in [-0.15, -0.1) is 0 Å². The normalized spacial score (nSPS) is 13.0. The SMILES string of the molecule is Cc1cc(N(C)C(C)C)c(C(C)N)cc1F. The third-order valence-electron chi connectivity index (χ3n) is 2.95. The molecule has 1 rings (SSSR count). The Kier molecular flexibility index (Phi) is 3.92. The van der Waals surface area contributed by atoms with Crippen LogP contribution in [0.25, 0.3) is 0 Å². The molecule has 0 fully saturated rings. The van der Waals surface area contributed by atoms with Gasteiger partial charge in [0.25, 0.3) is 0 Å². The van der Waals surface area contributed by atoms with E-state index in [-0.39, 0.29) is 11.9 Å². The van der Waals surface area contributed by atoms with Crippen LogP contribution in [0.1, 0.15) is 37.9 Å². The quantitative estimate of drug-likeness (QED) is 0.855. The number of aryl methyl sites for hydroxylation is 1. The van der Waals surface area contributed by atoms with Gasteiger partial charge in [-0.1, -0.05) is 0 Å². The average Bonchev–Trinajstić information content (AvgIpc) is 2.19. The molecule has 1 aromatic rings. The Hall–Kier alpha value is -1.09. The van der Waals surface area contributed by atoms with Crippen molar-refractivity contribution in [3.05, 3.63) is 29.1 Å². The molecule has 1 aromatic carbocycles. The molecular weight excluding hydrogens is 203 g/mol. The third kappa shape index (κ3) is 2.53. The molecule has 0 aliphatic carbocycles. The molecule has 0 amide bonds. The minimum absolute atomic E-state index is 0.161. The molecule has 0 aromatic heterocycles. The fraction of sp³-hybridized carbons (Fsp3) is 0.538. The van der Waals surface area contributed by atoms with Gasteiger partial charge in [0.15, 0.2) is 0 Å². The van der Waals surface area contributed by atoms with Gasteiger partial charge in [-0.25, -0.2) is 4.39 Å². The van der Waals surface area contributed by atoms with Gasteiger partial charge in [-0.2, -0.15) is 0 Å². The Morgan fingerprint density at radius 2 is 1.81 bits per heavy atom. The van der Waals surface area contributed by atoms with Crippen molar-refractivity contribution in [3.8, 4) is 0 Å². The maximum atomic E-state index is 13.5. The minimum atomic E-state index is -0.187. The second-order valence-corrected chi connectivity index (χ2v) is 4.65. The summed E-state index contributed by atoms with van der Waals surface area (Å²) in [6.07, 6.45) is 0. The first kappa shape index (κ1) is 13.0. The maximum absolute atomic E-state index is 13.5. The Bertz CT molecular complexity index is 372. The third-order valence-corrected chi connectivity index (χ3v) is 2.95. The number of hydrogen-bond donors (Lipinski definition) is 1. The molecule has 2 N–H and O–H groups in total. The Balaban J connectivity index is 3.30. The van der Waals surface area contributed by atoms with Crippen LogP contribution in [0.2, 0.25) is 0 Å². The van der Waals surface area contributed by atoms with Crippen molar-refractivity contribution in [1.82, 2.24) is 0 Å². The van der Waals surface area contributed by atoms with Crippen molar-refractivity contribution in [3.63, 3.8) is 0 Å². The molecule has 3 heteroatoms. The van der Waals surface area contributed by atoms with E-state index in [0.717, 1.165) is 11.3 Å². The van der Waals surface area contributed by atoms with Gasteiger partial charge in [0.2, 0.25) is 0 Å². The second-order valence-electron chi connectivity index (χ2n) is 4.65. The van der Waals surface area contributed by atoms with Crippen LogP contribution in [-0.4, -0.2) is 13.1 Å². The lowest BCUT2D eigenvalue weighted by Gasteiger charge is -2.28. The van der Waals surface area contributed by atoms with E-state index < -0.39 is 0 Å². The lowest BCUT2D eigenvalue weighted by Crippen LogP contribution is -2.28. The van der Waals surface area contributed by atoms with E-state index in [4.69, 9.17) is 5.73 Å². The Morgan fingerprint density at radius 3 is 2.25 bits per heavy atom. The fourth-order valence-electron chi connectivity index (χ4n) is 1.63. The first-order valence-electron chi connectivity index (χ1n) is 5.63. The van der Waals surface area contributed by atoms with Gasteiger partial charge in [0, 0.05) is 24.8 Å². The molecule has 0 aliphatic rings. The maximum Gasteiger partial charge on any atom is 0.126 e. The van der Waals surface area contributed by atoms with E-state index in [9.17, 15) is 4.39 Å². The van der Waals surface area contributed by atoms with Crippen molar-refractivity contribution in [2.45, 2.75) is 39.8 Å². The van der Waals surface area contributed by atoms with Crippen molar-refractivity contribution in [1.29, 1.82) is 0 Å². The molecule has 0 saturated heterocycles. The van der Waals surface area contributed by atoms with E-state index in [1.165, 1.54) is 0 Å².